The molecule has 0 aliphatic rings. The number of carboxylic acid groups (broad SMARTS) is 1. The van der Waals surface area contributed by atoms with Crippen molar-refractivity contribution in [2.24, 2.45) is 5.92 Å². The second-order valence-electron chi connectivity index (χ2n) is 4.62. The Morgan fingerprint density at radius 1 is 1.42 bits per heavy atom. The lowest BCUT2D eigenvalue weighted by Crippen LogP contribution is -2.41. The van der Waals surface area contributed by atoms with E-state index in [1.165, 1.54) is 6.07 Å². The van der Waals surface area contributed by atoms with E-state index in [0.29, 0.717) is 17.0 Å². The van der Waals surface area contributed by atoms with Gasteiger partial charge >= 0.3 is 5.97 Å². The van der Waals surface area contributed by atoms with Gasteiger partial charge in [0.05, 0.1) is 5.56 Å². The van der Waals surface area contributed by atoms with Gasteiger partial charge in [0.15, 0.2) is 0 Å². The summed E-state index contributed by atoms with van der Waals surface area (Å²) in [6.07, 6.45) is 0.387. The number of carbonyl (C=O) groups excluding carboxylic acids is 1. The Labute approximate surface area is 130 Å². The molecule has 1 aromatic carbocycles. The van der Waals surface area contributed by atoms with Gasteiger partial charge in [-0.3, -0.25) is 4.79 Å². The minimum Gasteiger partial charge on any atom is -0.480 e. The number of rotatable bonds is 5. The lowest BCUT2D eigenvalue weighted by Gasteiger charge is -2.17. The molecule has 1 aromatic rings. The van der Waals surface area contributed by atoms with Crippen LogP contribution < -0.4 is 5.32 Å². The summed E-state index contributed by atoms with van der Waals surface area (Å²) in [5.41, 5.74) is 0.392. The quantitative estimate of drug-likeness (QED) is 0.753. The zero-order valence-electron chi connectivity index (χ0n) is 10.6. The molecular weight excluding hydrogens is 381 g/mol. The van der Waals surface area contributed by atoms with E-state index in [-0.39, 0.29) is 5.92 Å². The van der Waals surface area contributed by atoms with Gasteiger partial charge in [-0.1, -0.05) is 25.4 Å². The minimum absolute atomic E-state index is 0.180. The Balaban J connectivity index is 2.87. The summed E-state index contributed by atoms with van der Waals surface area (Å²) < 4.78 is 0.730. The van der Waals surface area contributed by atoms with Gasteiger partial charge < -0.3 is 10.4 Å². The smallest absolute Gasteiger partial charge is 0.326 e. The summed E-state index contributed by atoms with van der Waals surface area (Å²) in [5.74, 6) is -1.26. The predicted molar refractivity (Wildman–Crippen MR) is 82.5 cm³/mol. The summed E-state index contributed by atoms with van der Waals surface area (Å²) in [6.45, 7) is 3.82. The first-order valence-corrected chi connectivity index (χ1v) is 7.25. The molecule has 0 fully saturated rings. The number of carbonyl (C=O) groups is 2. The highest BCUT2D eigenvalue weighted by atomic mass is 127. The molecule has 0 aromatic heterocycles. The lowest BCUT2D eigenvalue weighted by atomic mass is 10.0. The number of benzene rings is 1. The highest BCUT2D eigenvalue weighted by Crippen LogP contribution is 2.18. The maximum Gasteiger partial charge on any atom is 0.326 e. The Hall–Kier alpha value is -0.820. The molecule has 1 atom stereocenters. The number of hydrogen-bond acceptors (Lipinski definition) is 2. The van der Waals surface area contributed by atoms with Gasteiger partial charge in [-0.25, -0.2) is 4.79 Å². The Morgan fingerprint density at radius 3 is 2.58 bits per heavy atom. The first-order valence-electron chi connectivity index (χ1n) is 5.80. The molecule has 104 valence electrons. The largest absolute Gasteiger partial charge is 0.480 e. The van der Waals surface area contributed by atoms with Gasteiger partial charge in [0, 0.05) is 8.59 Å². The molecule has 1 amide bonds. The highest BCUT2D eigenvalue weighted by Gasteiger charge is 2.22. The predicted octanol–water partition coefficient (Wildman–Crippen LogP) is 3.17. The molecular formula is C13H15ClINO3. The second-order valence-corrected chi connectivity index (χ2v) is 6.22. The molecule has 0 saturated carbocycles. The van der Waals surface area contributed by atoms with Crippen molar-refractivity contribution >= 4 is 46.1 Å². The van der Waals surface area contributed by atoms with Gasteiger partial charge in [0.1, 0.15) is 6.04 Å². The molecule has 2 N–H and O–H groups in total. The number of carboxylic acids is 1. The van der Waals surface area contributed by atoms with Crippen molar-refractivity contribution in [1.82, 2.24) is 5.32 Å². The first kappa shape index (κ1) is 16.2. The summed E-state index contributed by atoms with van der Waals surface area (Å²) in [6, 6.07) is 4.05. The van der Waals surface area contributed by atoms with Crippen molar-refractivity contribution < 1.29 is 14.7 Å². The fourth-order valence-electron chi connectivity index (χ4n) is 1.60. The molecule has 0 saturated heterocycles. The zero-order valence-corrected chi connectivity index (χ0v) is 13.5. The average Bonchev–Trinajstić information content (AvgIpc) is 2.30. The van der Waals surface area contributed by atoms with Crippen LogP contribution in [0.15, 0.2) is 18.2 Å². The van der Waals surface area contributed by atoms with Gasteiger partial charge in [-0.15, -0.1) is 0 Å². The molecule has 19 heavy (non-hydrogen) atoms. The van der Waals surface area contributed by atoms with E-state index < -0.39 is 17.9 Å². The zero-order chi connectivity index (χ0) is 14.6. The van der Waals surface area contributed by atoms with Crippen molar-refractivity contribution in [3.63, 3.8) is 0 Å². The number of amides is 1. The van der Waals surface area contributed by atoms with Crippen LogP contribution in [0.5, 0.6) is 0 Å². The van der Waals surface area contributed by atoms with Crippen LogP contribution in [-0.2, 0) is 4.79 Å². The van der Waals surface area contributed by atoms with Crippen molar-refractivity contribution in [2.75, 3.05) is 0 Å². The summed E-state index contributed by atoms with van der Waals surface area (Å²) in [4.78, 5) is 23.2. The van der Waals surface area contributed by atoms with E-state index in [4.69, 9.17) is 16.7 Å². The SMILES string of the molecule is CC(C)C[C@@H](NC(=O)c1cc(Cl)ccc1I)C(=O)O. The van der Waals surface area contributed by atoms with E-state index >= 15 is 0 Å². The topological polar surface area (TPSA) is 66.4 Å². The third-order valence-corrected chi connectivity index (χ3v) is 3.66. The second kappa shape index (κ2) is 7.09. The maximum absolute atomic E-state index is 12.1. The molecule has 4 nitrogen and oxygen atoms in total. The van der Waals surface area contributed by atoms with Crippen molar-refractivity contribution in [3.05, 3.63) is 32.4 Å². The molecule has 0 unspecified atom stereocenters. The van der Waals surface area contributed by atoms with Gasteiger partial charge in [0.2, 0.25) is 0 Å². The molecule has 6 heteroatoms. The van der Waals surface area contributed by atoms with Crippen LogP contribution >= 0.6 is 34.2 Å². The Morgan fingerprint density at radius 2 is 2.05 bits per heavy atom. The number of nitrogens with one attached hydrogen (secondary N) is 1. The Bertz CT molecular complexity index is 491. The fourth-order valence-corrected chi connectivity index (χ4v) is 2.35. The van der Waals surface area contributed by atoms with Crippen LogP contribution in [0.1, 0.15) is 30.6 Å². The highest BCUT2D eigenvalue weighted by molar-refractivity contribution is 14.1. The van der Waals surface area contributed by atoms with Crippen LogP contribution in [0.4, 0.5) is 0 Å². The number of halogens is 2. The Kier molecular flexibility index (Phi) is 6.06. The normalized spacial score (nSPS) is 12.3. The lowest BCUT2D eigenvalue weighted by molar-refractivity contribution is -0.139. The van der Waals surface area contributed by atoms with E-state index in [9.17, 15) is 9.59 Å². The van der Waals surface area contributed by atoms with Crippen LogP contribution in [0, 0.1) is 9.49 Å². The van der Waals surface area contributed by atoms with Crippen LogP contribution in [0.2, 0.25) is 5.02 Å². The molecule has 1 rings (SSSR count). The average molecular weight is 396 g/mol. The van der Waals surface area contributed by atoms with E-state index in [2.05, 4.69) is 5.32 Å². The van der Waals surface area contributed by atoms with Crippen LogP contribution in [0.3, 0.4) is 0 Å². The standard InChI is InChI=1S/C13H15ClINO3/c1-7(2)5-11(13(18)19)16-12(17)9-6-8(14)3-4-10(9)15/h3-4,6-7,11H,5H2,1-2H3,(H,16,17)(H,18,19)/t11-/m1/s1. The molecule has 0 heterocycles. The molecule has 0 bridgehead atoms. The third-order valence-electron chi connectivity index (χ3n) is 2.48. The number of hydrogen-bond donors (Lipinski definition) is 2. The number of aliphatic carboxylic acids is 1. The van der Waals surface area contributed by atoms with Crippen molar-refractivity contribution in [3.8, 4) is 0 Å². The summed E-state index contributed by atoms with van der Waals surface area (Å²) in [5, 5.41) is 12.1. The molecule has 0 aliphatic carbocycles. The molecule has 0 radical (unpaired) electrons. The summed E-state index contributed by atoms with van der Waals surface area (Å²) >= 11 is 7.86. The van der Waals surface area contributed by atoms with E-state index in [0.717, 1.165) is 3.57 Å². The van der Waals surface area contributed by atoms with Crippen molar-refractivity contribution in [1.29, 1.82) is 0 Å². The monoisotopic (exact) mass is 395 g/mol. The minimum atomic E-state index is -1.03. The summed E-state index contributed by atoms with van der Waals surface area (Å²) in [7, 11) is 0. The van der Waals surface area contributed by atoms with Gasteiger partial charge in [-0.2, -0.15) is 0 Å². The first-order chi connectivity index (χ1) is 8.81. The van der Waals surface area contributed by atoms with Gasteiger partial charge in [0.25, 0.3) is 5.91 Å². The van der Waals surface area contributed by atoms with Crippen molar-refractivity contribution in [2.45, 2.75) is 26.3 Å². The third kappa shape index (κ3) is 4.99. The van der Waals surface area contributed by atoms with Gasteiger partial charge in [-0.05, 0) is 53.1 Å². The molecule has 0 spiro atoms. The fraction of sp³-hybridized carbons (Fsp3) is 0.385. The van der Waals surface area contributed by atoms with Crippen LogP contribution in [-0.4, -0.2) is 23.0 Å². The van der Waals surface area contributed by atoms with E-state index in [1.807, 2.05) is 36.4 Å². The van der Waals surface area contributed by atoms with E-state index in [1.54, 1.807) is 12.1 Å². The van der Waals surface area contributed by atoms with Crippen LogP contribution in [0.25, 0.3) is 0 Å². The maximum atomic E-state index is 12.1. The molecule has 0 aliphatic heterocycles.